The van der Waals surface area contributed by atoms with Crippen molar-refractivity contribution in [3.8, 4) is 0 Å². The lowest BCUT2D eigenvalue weighted by molar-refractivity contribution is -0.140. The van der Waals surface area contributed by atoms with Crippen LogP contribution in [-0.4, -0.2) is 51.0 Å². The second-order valence-corrected chi connectivity index (χ2v) is 9.93. The molecule has 0 bridgehead atoms. The van der Waals surface area contributed by atoms with E-state index < -0.39 is 16.1 Å². The zero-order chi connectivity index (χ0) is 23.9. The molecule has 7 nitrogen and oxygen atoms in total. The molecule has 0 spiro atoms. The summed E-state index contributed by atoms with van der Waals surface area (Å²) in [5, 5.41) is 2.59. The van der Waals surface area contributed by atoms with Gasteiger partial charge in [-0.05, 0) is 49.9 Å². The van der Waals surface area contributed by atoms with Crippen LogP contribution < -0.4 is 9.62 Å². The lowest BCUT2D eigenvalue weighted by atomic mass is 10.1. The molecule has 2 aromatic carbocycles. The van der Waals surface area contributed by atoms with Gasteiger partial charge in [0, 0.05) is 26.6 Å². The highest BCUT2D eigenvalue weighted by molar-refractivity contribution is 7.92. The van der Waals surface area contributed by atoms with Crippen molar-refractivity contribution >= 4 is 27.5 Å². The molecule has 8 heteroatoms. The third kappa shape index (κ3) is 6.82. The maximum atomic E-state index is 13.1. The third-order valence-electron chi connectivity index (χ3n) is 5.39. The molecule has 0 aliphatic heterocycles. The van der Waals surface area contributed by atoms with Crippen LogP contribution in [-0.2, 0) is 26.2 Å². The first-order valence-electron chi connectivity index (χ1n) is 10.6. The second-order valence-electron chi connectivity index (χ2n) is 8.03. The van der Waals surface area contributed by atoms with Gasteiger partial charge in [0.15, 0.2) is 0 Å². The van der Waals surface area contributed by atoms with Gasteiger partial charge >= 0.3 is 0 Å². The van der Waals surface area contributed by atoms with Gasteiger partial charge < -0.3 is 10.2 Å². The maximum Gasteiger partial charge on any atom is 0.242 e. The fourth-order valence-electron chi connectivity index (χ4n) is 3.54. The van der Waals surface area contributed by atoms with Crippen LogP contribution >= 0.6 is 0 Å². The van der Waals surface area contributed by atoms with E-state index in [1.807, 2.05) is 62.4 Å². The number of benzene rings is 2. The summed E-state index contributed by atoms with van der Waals surface area (Å²) in [5.74, 6) is -0.443. The van der Waals surface area contributed by atoms with Crippen LogP contribution in [0.25, 0.3) is 0 Å². The van der Waals surface area contributed by atoms with E-state index in [1.165, 1.54) is 22.5 Å². The van der Waals surface area contributed by atoms with Crippen molar-refractivity contribution in [3.05, 3.63) is 65.2 Å². The number of anilines is 1. The lowest BCUT2D eigenvalue weighted by Crippen LogP contribution is -2.46. The average molecular weight is 460 g/mol. The summed E-state index contributed by atoms with van der Waals surface area (Å²) in [6.07, 6.45) is 1.64. The molecule has 2 rings (SSSR count). The van der Waals surface area contributed by atoms with Gasteiger partial charge in [-0.3, -0.25) is 13.9 Å². The number of hydrogen-bond acceptors (Lipinski definition) is 4. The molecule has 1 unspecified atom stereocenters. The fourth-order valence-corrected chi connectivity index (χ4v) is 4.56. The molecule has 0 saturated carbocycles. The van der Waals surface area contributed by atoms with Gasteiger partial charge in [-0.1, -0.05) is 42.5 Å². The molecule has 2 amide bonds. The number of nitrogens with zero attached hydrogens (tertiary/aromatic N) is 2. The first kappa shape index (κ1) is 25.4. The molecule has 1 N–H and O–H groups in total. The van der Waals surface area contributed by atoms with Crippen molar-refractivity contribution in [1.29, 1.82) is 0 Å². The summed E-state index contributed by atoms with van der Waals surface area (Å²) in [5.41, 5.74) is 3.36. The normalized spacial score (nSPS) is 12.2. The van der Waals surface area contributed by atoms with Gasteiger partial charge in [-0.2, -0.15) is 0 Å². The van der Waals surface area contributed by atoms with E-state index in [2.05, 4.69) is 5.32 Å². The zero-order valence-electron chi connectivity index (χ0n) is 19.5. The molecule has 0 aromatic heterocycles. The standard InChI is InChI=1S/C24H33N3O4S/c1-18-13-14-19(2)22(16-18)27(32(5,30)31)15-9-12-23(28)26(20(3)24(29)25-4)17-21-10-7-6-8-11-21/h6-8,10-11,13-14,16,20H,9,12,15,17H2,1-5H3,(H,25,29). The van der Waals surface area contributed by atoms with E-state index in [0.717, 1.165) is 16.7 Å². The summed E-state index contributed by atoms with van der Waals surface area (Å²) < 4.78 is 26.3. The second kappa shape index (κ2) is 11.1. The van der Waals surface area contributed by atoms with Crippen molar-refractivity contribution in [3.63, 3.8) is 0 Å². The first-order valence-corrected chi connectivity index (χ1v) is 12.5. The van der Waals surface area contributed by atoms with E-state index in [4.69, 9.17) is 0 Å². The number of aryl methyl sites for hydroxylation is 2. The van der Waals surface area contributed by atoms with Crippen LogP contribution in [0.1, 0.15) is 36.5 Å². The van der Waals surface area contributed by atoms with Crippen LogP contribution in [0.5, 0.6) is 0 Å². The summed E-state index contributed by atoms with van der Waals surface area (Å²) in [4.78, 5) is 26.8. The number of likely N-dealkylation sites (N-methyl/N-ethyl adjacent to an activating group) is 1. The molecule has 1 atom stereocenters. The molecule has 0 fully saturated rings. The number of sulfonamides is 1. The van der Waals surface area contributed by atoms with Crippen molar-refractivity contribution in [2.24, 2.45) is 0 Å². The van der Waals surface area contributed by atoms with Gasteiger partial charge in [0.25, 0.3) is 0 Å². The highest BCUT2D eigenvalue weighted by atomic mass is 32.2. The summed E-state index contributed by atoms with van der Waals surface area (Å²) >= 11 is 0. The Morgan fingerprint density at radius 1 is 1.06 bits per heavy atom. The molecule has 0 aliphatic rings. The van der Waals surface area contributed by atoms with E-state index in [9.17, 15) is 18.0 Å². The molecular weight excluding hydrogens is 426 g/mol. The Hall–Kier alpha value is -2.87. The quantitative estimate of drug-likeness (QED) is 0.592. The predicted octanol–water partition coefficient (Wildman–Crippen LogP) is 3.01. The van der Waals surface area contributed by atoms with Gasteiger partial charge in [0.2, 0.25) is 21.8 Å². The topological polar surface area (TPSA) is 86.8 Å². The Labute approximate surface area is 191 Å². The third-order valence-corrected chi connectivity index (χ3v) is 6.57. The highest BCUT2D eigenvalue weighted by Gasteiger charge is 2.26. The summed E-state index contributed by atoms with van der Waals surface area (Å²) in [6.45, 7) is 5.96. The van der Waals surface area contributed by atoms with E-state index in [0.29, 0.717) is 18.7 Å². The van der Waals surface area contributed by atoms with Crippen molar-refractivity contribution in [2.45, 2.75) is 46.2 Å². The minimum Gasteiger partial charge on any atom is -0.357 e. The number of carbonyl (C=O) groups is 2. The molecule has 0 saturated heterocycles. The zero-order valence-corrected chi connectivity index (χ0v) is 20.3. The molecule has 0 aliphatic carbocycles. The lowest BCUT2D eigenvalue weighted by Gasteiger charge is -2.29. The van der Waals surface area contributed by atoms with E-state index in [1.54, 1.807) is 6.92 Å². The Morgan fingerprint density at radius 2 is 1.72 bits per heavy atom. The predicted molar refractivity (Wildman–Crippen MR) is 128 cm³/mol. The molecule has 0 radical (unpaired) electrons. The Kier molecular flexibility index (Phi) is 8.83. The van der Waals surface area contributed by atoms with E-state index >= 15 is 0 Å². The Morgan fingerprint density at radius 3 is 2.31 bits per heavy atom. The average Bonchev–Trinajstić information content (AvgIpc) is 2.75. The largest absolute Gasteiger partial charge is 0.357 e. The maximum absolute atomic E-state index is 13.1. The number of rotatable bonds is 10. The van der Waals surface area contributed by atoms with Crippen molar-refractivity contribution in [2.75, 3.05) is 24.2 Å². The SMILES string of the molecule is CNC(=O)C(C)N(Cc1ccccc1)C(=O)CCCN(c1cc(C)ccc1C)S(C)(=O)=O. The number of hydrogen-bond donors (Lipinski definition) is 1. The Balaban J connectivity index is 2.16. The molecular formula is C24H33N3O4S. The summed E-state index contributed by atoms with van der Waals surface area (Å²) in [7, 11) is -1.97. The molecule has 174 valence electrons. The van der Waals surface area contributed by atoms with Crippen LogP contribution in [0.3, 0.4) is 0 Å². The van der Waals surface area contributed by atoms with Gasteiger partial charge in [0.1, 0.15) is 6.04 Å². The highest BCUT2D eigenvalue weighted by Crippen LogP contribution is 2.24. The molecule has 0 heterocycles. The first-order chi connectivity index (χ1) is 15.0. The van der Waals surface area contributed by atoms with Gasteiger partial charge in [-0.15, -0.1) is 0 Å². The fraction of sp³-hybridized carbons (Fsp3) is 0.417. The van der Waals surface area contributed by atoms with Gasteiger partial charge in [-0.25, -0.2) is 8.42 Å². The summed E-state index contributed by atoms with van der Waals surface area (Å²) in [6, 6.07) is 14.5. The number of carbonyl (C=O) groups excluding carboxylic acids is 2. The number of amides is 2. The van der Waals surface area contributed by atoms with Crippen LogP contribution in [0.4, 0.5) is 5.69 Å². The molecule has 32 heavy (non-hydrogen) atoms. The minimum absolute atomic E-state index is 0.130. The van der Waals surface area contributed by atoms with Crippen molar-refractivity contribution in [1.82, 2.24) is 10.2 Å². The minimum atomic E-state index is -3.51. The van der Waals surface area contributed by atoms with Gasteiger partial charge in [0.05, 0.1) is 11.9 Å². The van der Waals surface area contributed by atoms with Crippen LogP contribution in [0, 0.1) is 13.8 Å². The molecule has 2 aromatic rings. The van der Waals surface area contributed by atoms with Crippen LogP contribution in [0.15, 0.2) is 48.5 Å². The smallest absolute Gasteiger partial charge is 0.242 e. The Bertz CT molecular complexity index is 1040. The van der Waals surface area contributed by atoms with Crippen molar-refractivity contribution < 1.29 is 18.0 Å². The van der Waals surface area contributed by atoms with E-state index in [-0.39, 0.29) is 24.8 Å². The number of nitrogens with one attached hydrogen (secondary N) is 1. The van der Waals surface area contributed by atoms with Crippen LogP contribution in [0.2, 0.25) is 0 Å². The monoisotopic (exact) mass is 459 g/mol.